The number of sulfonamides is 1. The Balaban J connectivity index is 1.57. The number of carbonyl (C=O) groups excluding carboxylic acids is 1. The van der Waals surface area contributed by atoms with E-state index in [2.05, 4.69) is 10.3 Å². The fraction of sp³-hybridized carbons (Fsp3) is 0.368. The molecule has 2 aromatic rings. The third-order valence-corrected chi connectivity index (χ3v) is 6.76. The summed E-state index contributed by atoms with van der Waals surface area (Å²) in [7, 11) is -3.62. The third kappa shape index (κ3) is 4.94. The van der Waals surface area contributed by atoms with Crippen LogP contribution in [0.25, 0.3) is 0 Å². The number of rotatable bonds is 5. The predicted molar refractivity (Wildman–Crippen MR) is 99.5 cm³/mol. The normalized spacial score (nSPS) is 16.5. The maximum Gasteiger partial charge on any atom is 0.417 e. The maximum atomic E-state index is 13.1. The second-order valence-electron chi connectivity index (χ2n) is 6.79. The molecule has 1 aromatic carbocycles. The van der Waals surface area contributed by atoms with Crippen molar-refractivity contribution >= 4 is 15.9 Å². The Morgan fingerprint density at radius 3 is 2.45 bits per heavy atom. The summed E-state index contributed by atoms with van der Waals surface area (Å²) in [5.74, 6) is -0.805. The number of amides is 1. The Hall–Kier alpha value is -2.46. The minimum absolute atomic E-state index is 0.0163. The smallest absolute Gasteiger partial charge is 0.352 e. The molecule has 2 heterocycles. The Labute approximate surface area is 166 Å². The molecule has 0 unspecified atom stereocenters. The molecule has 1 aromatic heterocycles. The number of carbonyl (C=O) groups is 1. The van der Waals surface area contributed by atoms with Crippen molar-refractivity contribution in [2.75, 3.05) is 19.6 Å². The van der Waals surface area contributed by atoms with E-state index in [0.717, 1.165) is 12.1 Å². The molecule has 3 rings (SSSR count). The van der Waals surface area contributed by atoms with Crippen LogP contribution in [0, 0.1) is 5.92 Å². The molecule has 0 bridgehead atoms. The summed E-state index contributed by atoms with van der Waals surface area (Å²) in [5, 5.41) is 2.55. The molecule has 1 aliphatic heterocycles. The van der Waals surface area contributed by atoms with Crippen molar-refractivity contribution < 1.29 is 26.4 Å². The van der Waals surface area contributed by atoms with Crippen molar-refractivity contribution in [1.29, 1.82) is 0 Å². The molecule has 0 saturated carbocycles. The van der Waals surface area contributed by atoms with E-state index in [0.29, 0.717) is 12.8 Å². The molecule has 1 amide bonds. The summed E-state index contributed by atoms with van der Waals surface area (Å²) in [6, 6.07) is 7.66. The highest BCUT2D eigenvalue weighted by molar-refractivity contribution is 7.89. The van der Waals surface area contributed by atoms with E-state index in [1.165, 1.54) is 34.9 Å². The molecule has 156 valence electrons. The van der Waals surface area contributed by atoms with Gasteiger partial charge in [0.2, 0.25) is 10.0 Å². The molecule has 1 fully saturated rings. The highest BCUT2D eigenvalue weighted by Crippen LogP contribution is 2.32. The van der Waals surface area contributed by atoms with Gasteiger partial charge < -0.3 is 5.32 Å². The predicted octanol–water partition coefficient (Wildman–Crippen LogP) is 2.93. The minimum Gasteiger partial charge on any atom is -0.352 e. The van der Waals surface area contributed by atoms with E-state index in [1.807, 2.05) is 0 Å². The molecule has 1 aliphatic rings. The highest BCUT2D eigenvalue weighted by atomic mass is 32.2. The standard InChI is InChI=1S/C19H20F3N3O3S/c20-19(21,22)17-6-2-1-5-16(17)18(26)24-12-14-7-10-25(11-8-14)29(27,28)15-4-3-9-23-13-15/h1-6,9,13-14H,7-8,10-12H2,(H,24,26). The molecule has 1 saturated heterocycles. The quantitative estimate of drug-likeness (QED) is 0.796. The first kappa shape index (κ1) is 21.3. The van der Waals surface area contributed by atoms with E-state index in [4.69, 9.17) is 0 Å². The van der Waals surface area contributed by atoms with Gasteiger partial charge >= 0.3 is 6.18 Å². The molecular formula is C19H20F3N3O3S. The highest BCUT2D eigenvalue weighted by Gasteiger charge is 2.35. The van der Waals surface area contributed by atoms with Crippen LogP contribution >= 0.6 is 0 Å². The Bertz CT molecular complexity index is 957. The molecule has 0 spiro atoms. The van der Waals surface area contributed by atoms with E-state index < -0.39 is 33.2 Å². The largest absolute Gasteiger partial charge is 0.417 e. The summed E-state index contributed by atoms with van der Waals surface area (Å²) in [6.45, 7) is 0.736. The van der Waals surface area contributed by atoms with Gasteiger partial charge in [-0.2, -0.15) is 17.5 Å². The molecule has 29 heavy (non-hydrogen) atoms. The number of aromatic nitrogens is 1. The maximum absolute atomic E-state index is 13.1. The van der Waals surface area contributed by atoms with Crippen LogP contribution in [0.1, 0.15) is 28.8 Å². The zero-order valence-corrected chi connectivity index (χ0v) is 16.2. The van der Waals surface area contributed by atoms with Crippen molar-refractivity contribution in [2.45, 2.75) is 23.9 Å². The van der Waals surface area contributed by atoms with Crippen LogP contribution in [-0.2, 0) is 16.2 Å². The molecule has 0 atom stereocenters. The van der Waals surface area contributed by atoms with Crippen molar-refractivity contribution in [1.82, 2.24) is 14.6 Å². The van der Waals surface area contributed by atoms with Crippen molar-refractivity contribution in [3.63, 3.8) is 0 Å². The van der Waals surface area contributed by atoms with Crippen LogP contribution in [0.2, 0.25) is 0 Å². The first-order valence-corrected chi connectivity index (χ1v) is 10.5. The first-order valence-electron chi connectivity index (χ1n) is 9.04. The van der Waals surface area contributed by atoms with Crippen molar-refractivity contribution in [2.24, 2.45) is 5.92 Å². The van der Waals surface area contributed by atoms with Crippen molar-refractivity contribution in [3.8, 4) is 0 Å². The van der Waals surface area contributed by atoms with Gasteiger partial charge in [0.15, 0.2) is 0 Å². The van der Waals surface area contributed by atoms with Crippen LogP contribution in [0.3, 0.4) is 0 Å². The molecule has 10 heteroatoms. The SMILES string of the molecule is O=C(NCC1CCN(S(=O)(=O)c2cccnc2)CC1)c1ccccc1C(F)(F)F. The number of piperidine rings is 1. The van der Waals surface area contributed by atoms with Gasteiger partial charge in [-0.3, -0.25) is 9.78 Å². The van der Waals surface area contributed by atoms with E-state index in [-0.39, 0.29) is 30.4 Å². The lowest BCUT2D eigenvalue weighted by Gasteiger charge is -2.31. The zero-order chi connectivity index (χ0) is 21.1. The number of halogens is 3. The van der Waals surface area contributed by atoms with Gasteiger partial charge in [0.1, 0.15) is 4.90 Å². The second kappa shape index (κ2) is 8.50. The fourth-order valence-corrected chi connectivity index (χ4v) is 4.70. The van der Waals surface area contributed by atoms with Gasteiger partial charge in [-0.1, -0.05) is 12.1 Å². The Kier molecular flexibility index (Phi) is 6.23. The average molecular weight is 427 g/mol. The summed E-state index contributed by atoms with van der Waals surface area (Å²) in [4.78, 5) is 16.2. The Morgan fingerprint density at radius 1 is 1.14 bits per heavy atom. The van der Waals surface area contributed by atoms with E-state index in [1.54, 1.807) is 6.07 Å². The number of nitrogens with one attached hydrogen (secondary N) is 1. The first-order chi connectivity index (χ1) is 13.7. The zero-order valence-electron chi connectivity index (χ0n) is 15.4. The van der Waals surface area contributed by atoms with E-state index >= 15 is 0 Å². The third-order valence-electron chi connectivity index (χ3n) is 4.87. The van der Waals surface area contributed by atoms with Gasteiger partial charge in [0, 0.05) is 32.0 Å². The topological polar surface area (TPSA) is 79.4 Å². The van der Waals surface area contributed by atoms with E-state index in [9.17, 15) is 26.4 Å². The molecule has 6 nitrogen and oxygen atoms in total. The van der Waals surface area contributed by atoms with Crippen molar-refractivity contribution in [3.05, 3.63) is 59.9 Å². The molecule has 1 N–H and O–H groups in total. The lowest BCUT2D eigenvalue weighted by Crippen LogP contribution is -2.41. The van der Waals surface area contributed by atoms with Crippen LogP contribution in [0.4, 0.5) is 13.2 Å². The molecule has 0 radical (unpaired) electrons. The number of hydrogen-bond donors (Lipinski definition) is 1. The van der Waals surface area contributed by atoms with Crippen LogP contribution < -0.4 is 5.32 Å². The number of nitrogens with zero attached hydrogens (tertiary/aromatic N) is 2. The van der Waals surface area contributed by atoms with Gasteiger partial charge in [-0.15, -0.1) is 0 Å². The molecule has 0 aliphatic carbocycles. The number of hydrogen-bond acceptors (Lipinski definition) is 4. The van der Waals surface area contributed by atoms with Crippen LogP contribution in [-0.4, -0.2) is 43.2 Å². The van der Waals surface area contributed by atoms with Gasteiger partial charge in [-0.05, 0) is 43.0 Å². The summed E-state index contributed by atoms with van der Waals surface area (Å²) in [6.07, 6.45) is -0.827. The van der Waals surface area contributed by atoms with Crippen LogP contribution in [0.15, 0.2) is 53.7 Å². The average Bonchev–Trinajstić information content (AvgIpc) is 2.72. The minimum atomic E-state index is -4.61. The summed E-state index contributed by atoms with van der Waals surface area (Å²) in [5.41, 5.74) is -1.40. The summed E-state index contributed by atoms with van der Waals surface area (Å²) < 4.78 is 65.7. The van der Waals surface area contributed by atoms with Gasteiger partial charge in [0.25, 0.3) is 5.91 Å². The molecular weight excluding hydrogens is 407 g/mol. The fourth-order valence-electron chi connectivity index (χ4n) is 3.26. The Morgan fingerprint density at radius 2 is 1.83 bits per heavy atom. The second-order valence-corrected chi connectivity index (χ2v) is 8.73. The number of pyridine rings is 1. The lowest BCUT2D eigenvalue weighted by molar-refractivity contribution is -0.137. The number of alkyl halides is 3. The van der Waals surface area contributed by atoms with Crippen LogP contribution in [0.5, 0.6) is 0 Å². The monoisotopic (exact) mass is 427 g/mol. The number of benzene rings is 1. The summed E-state index contributed by atoms with van der Waals surface area (Å²) >= 11 is 0. The lowest BCUT2D eigenvalue weighted by atomic mass is 9.98. The van der Waals surface area contributed by atoms with Gasteiger partial charge in [-0.25, -0.2) is 8.42 Å². The van der Waals surface area contributed by atoms with Gasteiger partial charge in [0.05, 0.1) is 11.1 Å².